The van der Waals surface area contributed by atoms with E-state index in [0.29, 0.717) is 66.1 Å². The van der Waals surface area contributed by atoms with Gasteiger partial charge in [-0.15, -0.1) is 0 Å². The Kier molecular flexibility index (Phi) is 10.6. The van der Waals surface area contributed by atoms with Gasteiger partial charge in [-0.05, 0) is 148 Å². The maximum absolute atomic E-state index is 14.5. The summed E-state index contributed by atoms with van der Waals surface area (Å²) in [5.41, 5.74) is 16.4. The summed E-state index contributed by atoms with van der Waals surface area (Å²) in [6, 6.07) is 25.7. The first-order valence-electron chi connectivity index (χ1n) is 25.8. The zero-order valence-electron chi connectivity index (χ0n) is 40.6. The molecule has 14 heteroatoms. The molecule has 360 valence electrons. The Morgan fingerprint density at radius 3 is 2.21 bits per heavy atom. The van der Waals surface area contributed by atoms with Crippen molar-refractivity contribution in [1.82, 2.24) is 48.3 Å². The lowest BCUT2D eigenvalue weighted by Crippen LogP contribution is -2.49. The molecule has 2 aliphatic carbocycles. The van der Waals surface area contributed by atoms with Gasteiger partial charge in [-0.3, -0.25) is 9.59 Å². The Balaban J connectivity index is 0.745. The molecule has 5 aromatic heterocycles. The molecule has 0 spiro atoms. The molecule has 3 atom stereocenters. The van der Waals surface area contributed by atoms with Gasteiger partial charge in [-0.25, -0.2) is 15.0 Å². The summed E-state index contributed by atoms with van der Waals surface area (Å²) < 4.78 is 15.1. The molecular weight excluding hydrogens is 875 g/mol. The average molecular weight is 938 g/mol. The van der Waals surface area contributed by atoms with Crippen LogP contribution in [0.15, 0.2) is 79.0 Å². The van der Waals surface area contributed by atoms with Gasteiger partial charge in [-0.2, -0.15) is 0 Å². The number of piperidine rings is 2. The van der Waals surface area contributed by atoms with Gasteiger partial charge in [0.05, 0.1) is 35.0 Å². The third kappa shape index (κ3) is 7.48. The van der Waals surface area contributed by atoms with Crippen LogP contribution in [-0.2, 0) is 27.2 Å². The maximum atomic E-state index is 14.5. The Bertz CT molecular complexity index is 3360. The van der Waals surface area contributed by atoms with Crippen molar-refractivity contribution in [3.05, 3.63) is 95.7 Å². The van der Waals surface area contributed by atoms with Crippen LogP contribution < -0.4 is 15.8 Å². The van der Waals surface area contributed by atoms with E-state index >= 15 is 0 Å². The zero-order chi connectivity index (χ0) is 47.4. The SMILES string of the molecule is COc1cc(C(=O)N2CCC3C(C2)NCC3c2ccc3cc(-c4nc5cc(C(=O)N6CCC(CCN)CC6)ccc5n4C)n(CC4CC4)c3c2)cc2nc(-c3cc4cccnc4n3CC3CC3)n(C)c12. The number of pyridine rings is 1. The van der Waals surface area contributed by atoms with Gasteiger partial charge in [0.1, 0.15) is 16.9 Å². The Morgan fingerprint density at radius 2 is 1.43 bits per heavy atom. The third-order valence-electron chi connectivity index (χ3n) is 16.8. The lowest BCUT2D eigenvalue weighted by atomic mass is 9.80. The summed E-state index contributed by atoms with van der Waals surface area (Å²) in [5, 5.41) is 6.18. The molecule has 13 rings (SSSR count). The molecule has 3 N–H and O–H groups in total. The number of rotatable bonds is 12. The van der Waals surface area contributed by atoms with Crippen molar-refractivity contribution in [3.8, 4) is 28.8 Å². The number of amides is 2. The van der Waals surface area contributed by atoms with Crippen LogP contribution in [-0.4, -0.2) is 107 Å². The van der Waals surface area contributed by atoms with Crippen molar-refractivity contribution < 1.29 is 14.3 Å². The van der Waals surface area contributed by atoms with Crippen molar-refractivity contribution >= 4 is 55.8 Å². The smallest absolute Gasteiger partial charge is 0.254 e. The largest absolute Gasteiger partial charge is 0.494 e. The van der Waals surface area contributed by atoms with Crippen LogP contribution in [0.2, 0.25) is 0 Å². The van der Waals surface area contributed by atoms with E-state index in [1.54, 1.807) is 7.11 Å². The summed E-state index contributed by atoms with van der Waals surface area (Å²) in [6.45, 7) is 6.37. The molecular formula is C56H63N11O3. The summed E-state index contributed by atoms with van der Waals surface area (Å²) in [5.74, 6) is 5.19. The van der Waals surface area contributed by atoms with Crippen LogP contribution in [0.25, 0.3) is 67.0 Å². The van der Waals surface area contributed by atoms with E-state index in [4.69, 9.17) is 25.4 Å². The minimum Gasteiger partial charge on any atom is -0.494 e. The number of nitrogens with two attached hydrogens (primary N) is 1. The molecule has 8 aromatic rings. The molecule has 3 aliphatic heterocycles. The molecule has 14 nitrogen and oxygen atoms in total. The number of aryl methyl sites for hydroxylation is 2. The van der Waals surface area contributed by atoms with Crippen LogP contribution in [0.4, 0.5) is 0 Å². The molecule has 70 heavy (non-hydrogen) atoms. The Hall–Kier alpha value is -6.51. The number of likely N-dealkylation sites (tertiary alicyclic amines) is 2. The first-order valence-corrected chi connectivity index (χ1v) is 25.8. The number of imidazole rings is 2. The van der Waals surface area contributed by atoms with Crippen molar-refractivity contribution in [3.63, 3.8) is 0 Å². The number of ether oxygens (including phenoxy) is 1. The van der Waals surface area contributed by atoms with Gasteiger partial charge < -0.3 is 43.9 Å². The minimum absolute atomic E-state index is 0.0125. The predicted molar refractivity (Wildman–Crippen MR) is 274 cm³/mol. The highest BCUT2D eigenvalue weighted by Gasteiger charge is 2.42. The maximum Gasteiger partial charge on any atom is 0.254 e. The molecule has 3 aromatic carbocycles. The molecule has 3 unspecified atom stereocenters. The summed E-state index contributed by atoms with van der Waals surface area (Å²) in [7, 11) is 5.81. The number of methoxy groups -OCH3 is 1. The standard InChI is InChI=1S/C56H63N11O3/c1-62-46-13-12-39(55(68)64-20-15-33(14-18-57)16-21-64)23-43(46)60-53(62)48-26-37-11-10-36(25-47(37)66(48)30-34-6-7-34)42-29-59-45-32-65(22-17-41(42)45)56(69)40-24-44-51(50(28-40)70-3)63(2)54(61-44)49-27-38-5-4-19-58-52(38)67(49)31-35-8-9-35/h4-5,10-13,19,23-28,33-35,41-42,45,59H,6-9,14-18,20-22,29-32,57H2,1-3H3. The fraction of sp³-hybridized carbons (Fsp3) is 0.446. The highest BCUT2D eigenvalue weighted by Crippen LogP contribution is 2.42. The number of aromatic nitrogens is 7. The summed E-state index contributed by atoms with van der Waals surface area (Å²) >= 11 is 0. The van der Waals surface area contributed by atoms with E-state index in [9.17, 15) is 9.59 Å². The number of benzene rings is 3. The predicted octanol–water partition coefficient (Wildman–Crippen LogP) is 8.35. The Morgan fingerprint density at radius 1 is 0.714 bits per heavy atom. The van der Waals surface area contributed by atoms with Crippen molar-refractivity contribution in [2.24, 2.45) is 43.5 Å². The molecule has 2 saturated carbocycles. The second-order valence-electron chi connectivity index (χ2n) is 21.3. The van der Waals surface area contributed by atoms with Crippen LogP contribution in [0, 0.1) is 23.7 Å². The number of fused-ring (bicyclic) bond motifs is 5. The van der Waals surface area contributed by atoms with Crippen LogP contribution >= 0.6 is 0 Å². The molecule has 2 amide bonds. The second kappa shape index (κ2) is 17.1. The zero-order valence-corrected chi connectivity index (χ0v) is 40.6. The van der Waals surface area contributed by atoms with E-state index in [1.807, 2.05) is 53.4 Å². The van der Waals surface area contributed by atoms with Crippen LogP contribution in [0.1, 0.15) is 83.6 Å². The summed E-state index contributed by atoms with van der Waals surface area (Å²) in [4.78, 5) is 47.4. The van der Waals surface area contributed by atoms with Crippen LogP contribution in [0.5, 0.6) is 5.75 Å². The molecule has 5 aliphatic rings. The number of hydrogen-bond donors (Lipinski definition) is 2. The molecule has 0 radical (unpaired) electrons. The quantitative estimate of drug-likeness (QED) is 0.124. The van der Waals surface area contributed by atoms with Gasteiger partial charge in [0.2, 0.25) is 0 Å². The number of nitrogens with zero attached hydrogens (tertiary/aromatic N) is 9. The van der Waals surface area contributed by atoms with Crippen molar-refractivity contribution in [2.45, 2.75) is 76.4 Å². The first-order chi connectivity index (χ1) is 34.2. The van der Waals surface area contributed by atoms with E-state index in [1.165, 1.54) is 42.1 Å². The fourth-order valence-corrected chi connectivity index (χ4v) is 12.5. The lowest BCUT2D eigenvalue weighted by Gasteiger charge is -2.36. The van der Waals surface area contributed by atoms with Gasteiger partial charge >= 0.3 is 0 Å². The van der Waals surface area contributed by atoms with E-state index < -0.39 is 0 Å². The van der Waals surface area contributed by atoms with Gasteiger partial charge in [0, 0.05) is 105 Å². The van der Waals surface area contributed by atoms with E-state index in [-0.39, 0.29) is 17.9 Å². The third-order valence-corrected chi connectivity index (χ3v) is 16.8. The number of hydrogen-bond acceptors (Lipinski definition) is 8. The fourth-order valence-electron chi connectivity index (χ4n) is 12.5. The molecule has 5 fully saturated rings. The lowest BCUT2D eigenvalue weighted by molar-refractivity contribution is 0.0661. The van der Waals surface area contributed by atoms with Crippen LogP contribution in [0.3, 0.4) is 0 Å². The first kappa shape index (κ1) is 43.5. The average Bonchev–Trinajstić information content (AvgIpc) is 4.20. The summed E-state index contributed by atoms with van der Waals surface area (Å²) in [6.07, 6.45) is 10.8. The normalized spacial score (nSPS) is 20.9. The van der Waals surface area contributed by atoms with Crippen molar-refractivity contribution in [2.75, 3.05) is 46.4 Å². The molecule has 0 bridgehead atoms. The van der Waals surface area contributed by atoms with E-state index in [0.717, 1.165) is 115 Å². The minimum atomic E-state index is 0.0125. The van der Waals surface area contributed by atoms with E-state index in [2.05, 4.69) is 73.1 Å². The van der Waals surface area contributed by atoms with Gasteiger partial charge in [0.25, 0.3) is 11.8 Å². The number of carbonyl (C=O) groups excluding carboxylic acids is 2. The highest BCUT2D eigenvalue weighted by atomic mass is 16.5. The number of nitrogens with one attached hydrogen (secondary N) is 1. The molecule has 3 saturated heterocycles. The number of carbonyl (C=O) groups is 2. The van der Waals surface area contributed by atoms with Gasteiger partial charge in [0.15, 0.2) is 11.6 Å². The monoisotopic (exact) mass is 938 g/mol. The highest BCUT2D eigenvalue weighted by molar-refractivity contribution is 6.01. The topological polar surface area (TPSA) is 146 Å². The Labute approximate surface area is 407 Å². The molecule has 8 heterocycles. The van der Waals surface area contributed by atoms with Crippen molar-refractivity contribution in [1.29, 1.82) is 0 Å². The second-order valence-corrected chi connectivity index (χ2v) is 21.3. The van der Waals surface area contributed by atoms with Gasteiger partial charge in [-0.1, -0.05) is 12.1 Å².